The van der Waals surface area contributed by atoms with Crippen molar-refractivity contribution in [2.75, 3.05) is 33.0 Å². The summed E-state index contributed by atoms with van der Waals surface area (Å²) < 4.78 is 16.8. The molecule has 0 radical (unpaired) electrons. The molecule has 1 aromatic carbocycles. The summed E-state index contributed by atoms with van der Waals surface area (Å²) in [7, 11) is 0. The molecule has 0 unspecified atom stereocenters. The molecule has 106 valence electrons. The van der Waals surface area contributed by atoms with Crippen LogP contribution in [0, 0.1) is 0 Å². The van der Waals surface area contributed by atoms with E-state index in [-0.39, 0.29) is 0 Å². The van der Waals surface area contributed by atoms with E-state index in [0.717, 1.165) is 69.4 Å². The van der Waals surface area contributed by atoms with Crippen LogP contribution in [0.15, 0.2) is 18.2 Å². The van der Waals surface area contributed by atoms with Gasteiger partial charge in [-0.05, 0) is 26.0 Å². The zero-order valence-electron chi connectivity index (χ0n) is 11.6. The van der Waals surface area contributed by atoms with Gasteiger partial charge in [0.15, 0.2) is 11.5 Å². The van der Waals surface area contributed by atoms with Crippen molar-refractivity contribution in [2.45, 2.75) is 26.3 Å². The van der Waals surface area contributed by atoms with E-state index in [2.05, 4.69) is 11.4 Å². The van der Waals surface area contributed by atoms with Gasteiger partial charge < -0.3 is 19.5 Å². The fraction of sp³-hybridized carbons (Fsp3) is 0.600. The molecular weight excluding hydrogens is 242 g/mol. The first-order chi connectivity index (χ1) is 9.42. The van der Waals surface area contributed by atoms with Crippen LogP contribution in [-0.4, -0.2) is 33.0 Å². The van der Waals surface area contributed by atoms with Crippen LogP contribution in [0.2, 0.25) is 0 Å². The topological polar surface area (TPSA) is 39.7 Å². The number of fused-ring (bicyclic) bond motifs is 1. The Hall–Kier alpha value is -1.26. The van der Waals surface area contributed by atoms with Crippen LogP contribution in [0.5, 0.6) is 11.5 Å². The third kappa shape index (κ3) is 4.40. The smallest absolute Gasteiger partial charge is 0.165 e. The van der Waals surface area contributed by atoms with Gasteiger partial charge in [0.2, 0.25) is 0 Å². The molecule has 19 heavy (non-hydrogen) atoms. The van der Waals surface area contributed by atoms with Crippen LogP contribution in [0.1, 0.15) is 25.3 Å². The van der Waals surface area contributed by atoms with Crippen LogP contribution >= 0.6 is 0 Å². The van der Waals surface area contributed by atoms with Crippen LogP contribution in [0.25, 0.3) is 0 Å². The van der Waals surface area contributed by atoms with Gasteiger partial charge in [0.05, 0.1) is 13.2 Å². The molecular formula is C15H23NO3. The Labute approximate surface area is 115 Å². The van der Waals surface area contributed by atoms with Crippen LogP contribution in [0.4, 0.5) is 0 Å². The second-order valence-electron chi connectivity index (χ2n) is 4.52. The Morgan fingerprint density at radius 3 is 3.05 bits per heavy atom. The number of hydrogen-bond donors (Lipinski definition) is 1. The van der Waals surface area contributed by atoms with Gasteiger partial charge in [-0.2, -0.15) is 0 Å². The van der Waals surface area contributed by atoms with E-state index in [1.807, 2.05) is 19.1 Å². The minimum Gasteiger partial charge on any atom is -0.490 e. The largest absolute Gasteiger partial charge is 0.490 e. The van der Waals surface area contributed by atoms with Crippen LogP contribution < -0.4 is 14.8 Å². The van der Waals surface area contributed by atoms with E-state index in [1.165, 1.54) is 0 Å². The molecule has 4 heteroatoms. The first-order valence-corrected chi connectivity index (χ1v) is 7.07. The second-order valence-corrected chi connectivity index (χ2v) is 4.52. The lowest BCUT2D eigenvalue weighted by Gasteiger charge is -2.13. The standard InChI is InChI=1S/C15H23NO3/c1-2-17-9-4-8-16-12-13-6-3-7-14-15(13)19-11-5-10-18-14/h3,6-7,16H,2,4-5,8-12H2,1H3. The highest BCUT2D eigenvalue weighted by molar-refractivity contribution is 5.46. The van der Waals surface area contributed by atoms with E-state index >= 15 is 0 Å². The average molecular weight is 265 g/mol. The van der Waals surface area contributed by atoms with Gasteiger partial charge >= 0.3 is 0 Å². The molecule has 4 nitrogen and oxygen atoms in total. The maximum Gasteiger partial charge on any atom is 0.165 e. The van der Waals surface area contributed by atoms with E-state index in [1.54, 1.807) is 0 Å². The first-order valence-electron chi connectivity index (χ1n) is 7.07. The van der Waals surface area contributed by atoms with Crippen molar-refractivity contribution in [3.8, 4) is 11.5 Å². The summed E-state index contributed by atoms with van der Waals surface area (Å²) in [5.41, 5.74) is 1.16. The lowest BCUT2D eigenvalue weighted by atomic mass is 10.2. The molecule has 0 amide bonds. The third-order valence-electron chi connectivity index (χ3n) is 3.01. The fourth-order valence-electron chi connectivity index (χ4n) is 2.06. The Bertz CT molecular complexity index is 382. The van der Waals surface area contributed by atoms with E-state index in [0.29, 0.717) is 0 Å². The van der Waals surface area contributed by atoms with Crippen LogP contribution in [-0.2, 0) is 11.3 Å². The van der Waals surface area contributed by atoms with Crippen molar-refractivity contribution in [3.63, 3.8) is 0 Å². The Morgan fingerprint density at radius 1 is 1.26 bits per heavy atom. The fourth-order valence-corrected chi connectivity index (χ4v) is 2.06. The average Bonchev–Trinajstić information content (AvgIpc) is 2.68. The molecule has 0 aliphatic carbocycles. The molecule has 1 heterocycles. The first kappa shape index (κ1) is 14.2. The summed E-state index contributed by atoms with van der Waals surface area (Å²) >= 11 is 0. The molecule has 0 fully saturated rings. The van der Waals surface area contributed by atoms with Crippen LogP contribution in [0.3, 0.4) is 0 Å². The van der Waals surface area contributed by atoms with Crippen molar-refractivity contribution in [2.24, 2.45) is 0 Å². The highest BCUT2D eigenvalue weighted by Crippen LogP contribution is 2.32. The van der Waals surface area contributed by atoms with Crippen molar-refractivity contribution < 1.29 is 14.2 Å². The zero-order valence-corrected chi connectivity index (χ0v) is 11.6. The van der Waals surface area contributed by atoms with Gasteiger partial charge in [-0.1, -0.05) is 12.1 Å². The van der Waals surface area contributed by atoms with Gasteiger partial charge in [-0.25, -0.2) is 0 Å². The van der Waals surface area contributed by atoms with Gasteiger partial charge in [-0.3, -0.25) is 0 Å². The summed E-state index contributed by atoms with van der Waals surface area (Å²) in [5, 5.41) is 3.42. The summed E-state index contributed by atoms with van der Waals surface area (Å²) in [6.45, 7) is 6.84. The Balaban J connectivity index is 1.83. The normalized spacial score (nSPS) is 14.2. The van der Waals surface area contributed by atoms with E-state index in [9.17, 15) is 0 Å². The SMILES string of the molecule is CCOCCCNCc1cccc2c1OCCCO2. The molecule has 1 aromatic rings. The number of rotatable bonds is 7. The van der Waals surface area contributed by atoms with Gasteiger partial charge in [-0.15, -0.1) is 0 Å². The minimum atomic E-state index is 0.731. The lowest BCUT2D eigenvalue weighted by Crippen LogP contribution is -2.17. The van der Waals surface area contributed by atoms with Crippen molar-refractivity contribution in [1.29, 1.82) is 0 Å². The number of para-hydroxylation sites is 1. The van der Waals surface area contributed by atoms with Gasteiger partial charge in [0.1, 0.15) is 0 Å². The summed E-state index contributed by atoms with van der Waals surface area (Å²) in [6.07, 6.45) is 1.97. The van der Waals surface area contributed by atoms with Crippen molar-refractivity contribution in [1.82, 2.24) is 5.32 Å². The Morgan fingerprint density at radius 2 is 2.16 bits per heavy atom. The number of benzene rings is 1. The maximum absolute atomic E-state index is 5.79. The molecule has 0 atom stereocenters. The van der Waals surface area contributed by atoms with Gasteiger partial charge in [0, 0.05) is 31.7 Å². The molecule has 0 bridgehead atoms. The van der Waals surface area contributed by atoms with Crippen molar-refractivity contribution in [3.05, 3.63) is 23.8 Å². The lowest BCUT2D eigenvalue weighted by molar-refractivity contribution is 0.144. The van der Waals surface area contributed by atoms with Crippen molar-refractivity contribution >= 4 is 0 Å². The highest BCUT2D eigenvalue weighted by Gasteiger charge is 2.13. The molecule has 0 saturated carbocycles. The molecule has 1 aliphatic rings. The van der Waals surface area contributed by atoms with E-state index < -0.39 is 0 Å². The quantitative estimate of drug-likeness (QED) is 0.768. The maximum atomic E-state index is 5.79. The molecule has 2 rings (SSSR count). The highest BCUT2D eigenvalue weighted by atomic mass is 16.5. The molecule has 1 aliphatic heterocycles. The summed E-state index contributed by atoms with van der Waals surface area (Å²) in [4.78, 5) is 0. The number of nitrogens with one attached hydrogen (secondary N) is 1. The predicted octanol–water partition coefficient (Wildman–Crippen LogP) is 2.36. The monoisotopic (exact) mass is 265 g/mol. The third-order valence-corrected chi connectivity index (χ3v) is 3.01. The molecule has 0 spiro atoms. The van der Waals surface area contributed by atoms with E-state index in [4.69, 9.17) is 14.2 Å². The summed E-state index contributed by atoms with van der Waals surface area (Å²) in [6, 6.07) is 6.08. The zero-order chi connectivity index (χ0) is 13.3. The van der Waals surface area contributed by atoms with Gasteiger partial charge in [0.25, 0.3) is 0 Å². The second kappa shape index (κ2) is 8.02. The predicted molar refractivity (Wildman–Crippen MR) is 74.9 cm³/mol. The minimum absolute atomic E-state index is 0.731. The number of hydrogen-bond acceptors (Lipinski definition) is 4. The number of ether oxygens (including phenoxy) is 3. The molecule has 0 aromatic heterocycles. The Kier molecular flexibility index (Phi) is 5.98. The summed E-state index contributed by atoms with van der Waals surface area (Å²) in [5.74, 6) is 1.77. The molecule has 1 N–H and O–H groups in total. The molecule has 0 saturated heterocycles.